The van der Waals surface area contributed by atoms with Crippen LogP contribution in [0.5, 0.6) is 0 Å². The molecular weight excluding hydrogens is 533 g/mol. The van der Waals surface area contributed by atoms with Gasteiger partial charge in [-0.2, -0.15) is 5.10 Å². The van der Waals surface area contributed by atoms with Gasteiger partial charge in [0.1, 0.15) is 11.5 Å². The Morgan fingerprint density at radius 2 is 1.88 bits per heavy atom. The van der Waals surface area contributed by atoms with Crippen molar-refractivity contribution in [3.63, 3.8) is 0 Å². The molecule has 4 N–H and O–H groups in total. The third kappa shape index (κ3) is 6.87. The van der Waals surface area contributed by atoms with Gasteiger partial charge in [0.05, 0.1) is 11.0 Å². The number of hydrogen-bond donors (Lipinski definition) is 4. The van der Waals surface area contributed by atoms with Crippen LogP contribution in [0.1, 0.15) is 33.1 Å². The van der Waals surface area contributed by atoms with E-state index in [0.717, 1.165) is 86.0 Å². The molecular formula is C37H40FN5. The number of aromatic nitrogens is 3. The molecule has 0 saturated carbocycles. The first-order chi connectivity index (χ1) is 20.9. The first-order valence-electron chi connectivity index (χ1n) is 14.9. The fourth-order valence-electron chi connectivity index (χ4n) is 5.75. The highest BCUT2D eigenvalue weighted by atomic mass is 19.1. The highest BCUT2D eigenvalue weighted by Gasteiger charge is 2.15. The van der Waals surface area contributed by atoms with Gasteiger partial charge in [0, 0.05) is 27.5 Å². The molecule has 0 bridgehead atoms. The molecule has 0 radical (unpaired) electrons. The lowest BCUT2D eigenvalue weighted by Gasteiger charge is -2.24. The van der Waals surface area contributed by atoms with Crippen LogP contribution in [0.4, 0.5) is 4.39 Å². The number of rotatable bonds is 10. The molecule has 2 aromatic carbocycles. The number of H-pyrrole nitrogens is 2. The molecule has 6 heteroatoms. The van der Waals surface area contributed by atoms with Crippen molar-refractivity contribution < 1.29 is 4.39 Å². The summed E-state index contributed by atoms with van der Waals surface area (Å²) in [5.41, 5.74) is 8.09. The summed E-state index contributed by atoms with van der Waals surface area (Å²) in [4.78, 5) is 3.52. The van der Waals surface area contributed by atoms with Gasteiger partial charge in [-0.1, -0.05) is 56.2 Å². The Morgan fingerprint density at radius 3 is 2.60 bits per heavy atom. The molecule has 0 spiro atoms. The minimum Gasteiger partial charge on any atom is -0.359 e. The fourth-order valence-corrected chi connectivity index (χ4v) is 5.75. The van der Waals surface area contributed by atoms with Gasteiger partial charge < -0.3 is 15.6 Å². The molecule has 2 aromatic heterocycles. The molecule has 0 unspecified atom stereocenters. The Morgan fingerprint density at radius 1 is 1.09 bits per heavy atom. The third-order valence-electron chi connectivity index (χ3n) is 8.02. The quantitative estimate of drug-likeness (QED) is 0.154. The molecule has 1 aliphatic heterocycles. The van der Waals surface area contributed by atoms with E-state index in [0.29, 0.717) is 5.92 Å². The maximum Gasteiger partial charge on any atom is 0.123 e. The van der Waals surface area contributed by atoms with Crippen LogP contribution in [0.2, 0.25) is 0 Å². The van der Waals surface area contributed by atoms with Gasteiger partial charge in [-0.15, -0.1) is 0 Å². The zero-order valence-corrected chi connectivity index (χ0v) is 25.1. The maximum atomic E-state index is 14.0. The van der Waals surface area contributed by atoms with Crippen molar-refractivity contribution in [2.45, 2.75) is 33.1 Å². The van der Waals surface area contributed by atoms with E-state index in [9.17, 15) is 4.39 Å². The number of halogens is 1. The summed E-state index contributed by atoms with van der Waals surface area (Å²) in [5, 5.41) is 17.6. The molecule has 5 rings (SSSR count). The Balaban J connectivity index is 1.46. The number of piperidine rings is 1. The minimum absolute atomic E-state index is 0.259. The van der Waals surface area contributed by atoms with Crippen molar-refractivity contribution >= 4 is 23.1 Å². The highest BCUT2D eigenvalue weighted by molar-refractivity contribution is 5.98. The lowest BCUT2D eigenvalue weighted by atomic mass is 9.93. The first-order valence-corrected chi connectivity index (χ1v) is 14.9. The van der Waals surface area contributed by atoms with Crippen molar-refractivity contribution in [3.05, 3.63) is 125 Å². The summed E-state index contributed by atoms with van der Waals surface area (Å²) >= 11 is 0. The van der Waals surface area contributed by atoms with Crippen LogP contribution in [0.25, 0.3) is 45.6 Å². The monoisotopic (exact) mass is 573 g/mol. The molecule has 43 heavy (non-hydrogen) atoms. The number of hydrogen-bond acceptors (Lipinski definition) is 3. The lowest BCUT2D eigenvalue weighted by molar-refractivity contribution is 0.368. The number of nitrogens with zero attached hydrogens (tertiary/aromatic N) is 1. The molecule has 1 saturated heterocycles. The predicted molar refractivity (Wildman–Crippen MR) is 179 cm³/mol. The van der Waals surface area contributed by atoms with Crippen LogP contribution in [-0.2, 0) is 0 Å². The number of fused-ring (bicyclic) bond motifs is 1. The highest BCUT2D eigenvalue weighted by Crippen LogP contribution is 2.31. The summed E-state index contributed by atoms with van der Waals surface area (Å²) in [6.07, 6.45) is 13.3. The van der Waals surface area contributed by atoms with Crippen LogP contribution in [-0.4, -0.2) is 28.3 Å². The van der Waals surface area contributed by atoms with Crippen LogP contribution >= 0.6 is 0 Å². The summed E-state index contributed by atoms with van der Waals surface area (Å²) in [6.45, 7) is 18.8. The van der Waals surface area contributed by atoms with E-state index in [2.05, 4.69) is 63.8 Å². The van der Waals surface area contributed by atoms with Gasteiger partial charge in [-0.3, -0.25) is 5.10 Å². The Kier molecular flexibility index (Phi) is 9.38. The standard InChI is InChI=1S/C37H40FN5/c1-6-27(22-30(7-2)40-25(5)20-26-15-17-39-18-16-26)24(4)19-33-34(8-3)42-43-37(33)36-23-32-31(13-10-14-35(32)41-36)28-11-9-12-29(38)21-28/h6-14,19,21-23,26,39-42H,2,4-5,15-18,20H2,1,3H3/b27-6+,30-22+,33-19+,34-8+. The predicted octanol–water partition coefficient (Wildman–Crippen LogP) is 7.01. The van der Waals surface area contributed by atoms with Crippen LogP contribution in [0.3, 0.4) is 0 Å². The number of benzene rings is 2. The smallest absolute Gasteiger partial charge is 0.123 e. The minimum atomic E-state index is -0.259. The molecule has 1 fully saturated rings. The molecule has 220 valence electrons. The van der Waals surface area contributed by atoms with Crippen molar-refractivity contribution in [1.82, 2.24) is 25.8 Å². The fraction of sp³-hybridized carbons (Fsp3) is 0.216. The van der Waals surface area contributed by atoms with E-state index in [-0.39, 0.29) is 5.82 Å². The molecule has 5 nitrogen and oxygen atoms in total. The molecule has 0 amide bonds. The Hall–Kier alpha value is -4.68. The average Bonchev–Trinajstić information content (AvgIpc) is 3.63. The van der Waals surface area contributed by atoms with Gasteiger partial charge in [0.15, 0.2) is 0 Å². The second kappa shape index (κ2) is 13.5. The van der Waals surface area contributed by atoms with Crippen molar-refractivity contribution in [2.75, 3.05) is 13.1 Å². The topological polar surface area (TPSA) is 68.5 Å². The van der Waals surface area contributed by atoms with E-state index in [1.54, 1.807) is 12.1 Å². The second-order valence-corrected chi connectivity index (χ2v) is 11.0. The van der Waals surface area contributed by atoms with Gasteiger partial charge in [0.2, 0.25) is 0 Å². The lowest BCUT2D eigenvalue weighted by Crippen LogP contribution is -2.28. The van der Waals surface area contributed by atoms with Gasteiger partial charge in [0.25, 0.3) is 0 Å². The van der Waals surface area contributed by atoms with Gasteiger partial charge in [-0.25, -0.2) is 4.39 Å². The molecule has 1 aliphatic rings. The Bertz CT molecular complexity index is 1840. The zero-order valence-electron chi connectivity index (χ0n) is 25.1. The molecule has 4 aromatic rings. The zero-order chi connectivity index (χ0) is 30.3. The normalized spacial score (nSPS) is 15.7. The first kappa shape index (κ1) is 29.8. The SMILES string of the molecule is C=C/C(=C\C(=C/C)C(=C)/C=c1/c(-c2cc3c(-c4cccc(F)c4)cccc3[nH]2)n[nH]/c1=C/C)NC(=C)CC1CCNCC1. The van der Waals surface area contributed by atoms with E-state index in [4.69, 9.17) is 0 Å². The van der Waals surface area contributed by atoms with Crippen LogP contribution in [0, 0.1) is 11.7 Å². The number of aromatic amines is 2. The summed E-state index contributed by atoms with van der Waals surface area (Å²) in [6, 6.07) is 14.8. The van der Waals surface area contributed by atoms with Crippen LogP contribution < -0.4 is 21.2 Å². The van der Waals surface area contributed by atoms with E-state index in [1.165, 1.54) is 18.9 Å². The van der Waals surface area contributed by atoms with Crippen LogP contribution in [0.15, 0.2) is 109 Å². The van der Waals surface area contributed by atoms with Gasteiger partial charge >= 0.3 is 0 Å². The summed E-state index contributed by atoms with van der Waals surface area (Å²) in [7, 11) is 0. The maximum absolute atomic E-state index is 14.0. The number of allylic oxidation sites excluding steroid dienone is 6. The van der Waals surface area contributed by atoms with E-state index < -0.39 is 0 Å². The molecule has 3 heterocycles. The van der Waals surface area contributed by atoms with E-state index >= 15 is 0 Å². The average molecular weight is 574 g/mol. The van der Waals surface area contributed by atoms with E-state index in [1.807, 2.05) is 56.3 Å². The third-order valence-corrected chi connectivity index (χ3v) is 8.02. The summed E-state index contributed by atoms with van der Waals surface area (Å²) < 4.78 is 14.0. The van der Waals surface area contributed by atoms with Crippen molar-refractivity contribution in [1.29, 1.82) is 0 Å². The van der Waals surface area contributed by atoms with Crippen molar-refractivity contribution in [2.24, 2.45) is 5.92 Å². The Labute approximate surface area is 253 Å². The largest absolute Gasteiger partial charge is 0.359 e. The second-order valence-electron chi connectivity index (χ2n) is 11.0. The summed E-state index contributed by atoms with van der Waals surface area (Å²) in [5.74, 6) is 0.389. The molecule has 0 aliphatic carbocycles. The van der Waals surface area contributed by atoms with Gasteiger partial charge in [-0.05, 0) is 117 Å². The molecule has 0 atom stereocenters. The number of nitrogens with one attached hydrogen (secondary N) is 4. The van der Waals surface area contributed by atoms with Crippen molar-refractivity contribution in [3.8, 4) is 22.5 Å².